The second-order valence-electron chi connectivity index (χ2n) is 11.5. The number of nitrogens with zero attached hydrogens (tertiary/aromatic N) is 1. The van der Waals surface area contributed by atoms with Crippen LogP contribution in [-0.2, 0) is 14.4 Å². The van der Waals surface area contributed by atoms with Crippen molar-refractivity contribution < 1.29 is 51.3 Å². The molecule has 1 heterocycles. The number of aliphatic hydroxyl groups is 1. The van der Waals surface area contributed by atoms with Gasteiger partial charge in [0.25, 0.3) is 5.91 Å². The van der Waals surface area contributed by atoms with Crippen molar-refractivity contribution in [1.29, 1.82) is 0 Å². The summed E-state index contributed by atoms with van der Waals surface area (Å²) in [5, 5.41) is 26.5. The topological polar surface area (TPSA) is 148 Å². The van der Waals surface area contributed by atoms with Gasteiger partial charge in [-0.15, -0.1) is 0 Å². The van der Waals surface area contributed by atoms with E-state index < -0.39 is 104 Å². The first-order valence-corrected chi connectivity index (χ1v) is 12.7. The molecule has 2 fully saturated rings. The van der Waals surface area contributed by atoms with Crippen molar-refractivity contribution in [2.75, 3.05) is 6.54 Å². The molecular weight excluding hydrogens is 535 g/mol. The summed E-state index contributed by atoms with van der Waals surface area (Å²) < 4.78 is 68.0. The van der Waals surface area contributed by atoms with E-state index in [-0.39, 0.29) is 6.04 Å². The Morgan fingerprint density at radius 2 is 1.56 bits per heavy atom. The van der Waals surface area contributed by atoms with E-state index in [4.69, 9.17) is 0 Å². The number of hydrogen-bond acceptors (Lipinski definition) is 5. The highest BCUT2D eigenvalue weighted by Crippen LogP contribution is 2.37. The van der Waals surface area contributed by atoms with Gasteiger partial charge in [-0.25, -0.2) is 13.6 Å². The zero-order valence-corrected chi connectivity index (χ0v) is 22.3. The Labute approximate surface area is 223 Å². The monoisotopic (exact) mass is 572 g/mol. The average Bonchev–Trinajstić information content (AvgIpc) is 3.60. The van der Waals surface area contributed by atoms with Gasteiger partial charge >= 0.3 is 12.3 Å². The molecule has 0 bridgehead atoms. The normalized spacial score (nSPS) is 22.9. The van der Waals surface area contributed by atoms with Crippen molar-refractivity contribution in [1.82, 2.24) is 20.9 Å². The first-order valence-electron chi connectivity index (χ1n) is 12.7. The lowest BCUT2D eigenvalue weighted by atomic mass is 9.83. The van der Waals surface area contributed by atoms with Crippen molar-refractivity contribution in [3.8, 4) is 0 Å². The smallest absolute Gasteiger partial charge is 0.405 e. The Morgan fingerprint density at radius 1 is 0.974 bits per heavy atom. The van der Waals surface area contributed by atoms with Crippen LogP contribution in [0.2, 0.25) is 0 Å². The summed E-state index contributed by atoms with van der Waals surface area (Å²) in [7, 11) is 0. The van der Waals surface area contributed by atoms with Crippen LogP contribution in [0.15, 0.2) is 0 Å². The van der Waals surface area contributed by atoms with E-state index in [0.29, 0.717) is 19.8 Å². The third-order valence-electron chi connectivity index (χ3n) is 6.83. The first-order chi connectivity index (χ1) is 17.7. The lowest BCUT2D eigenvalue weighted by molar-refractivity contribution is -0.193. The minimum Gasteiger partial charge on any atom is -0.465 e. The van der Waals surface area contributed by atoms with Crippen LogP contribution in [0.25, 0.3) is 0 Å². The SMILES string of the molecule is CC(F)(F)CC[C@H](NC(=O)[C@@H]1C[C@H](C(F)(F)F)CCN1C(=O)[C@@H](NC(=O)O)C(C)(C)C)[C@H](O)C(=O)NC1CC1. The molecule has 1 aliphatic heterocycles. The summed E-state index contributed by atoms with van der Waals surface area (Å²) in [5.41, 5.74) is -1.02. The number of rotatable bonds is 10. The number of halogens is 5. The molecule has 1 aliphatic carbocycles. The van der Waals surface area contributed by atoms with E-state index in [2.05, 4.69) is 10.6 Å². The maximum atomic E-state index is 13.6. The molecule has 39 heavy (non-hydrogen) atoms. The molecule has 0 unspecified atom stereocenters. The van der Waals surface area contributed by atoms with E-state index >= 15 is 0 Å². The predicted molar refractivity (Wildman–Crippen MR) is 128 cm³/mol. The number of carbonyl (C=O) groups is 4. The van der Waals surface area contributed by atoms with Crippen LogP contribution in [0.5, 0.6) is 0 Å². The Kier molecular flexibility index (Phi) is 10.2. The standard InChI is InChI=1S/C24H37F5N4O6/c1-22(2,3)17(32-21(38)39)20(37)33-10-8-12(24(27,28)29)11-15(33)18(35)31-14(7-9-23(4,25)26)16(34)19(36)30-13-5-6-13/h12-17,32,34H,5-11H2,1-4H3,(H,30,36)(H,31,35)(H,38,39)/t12-,14+,15+,16+,17-/m1/s1. The molecule has 0 aromatic rings. The number of hydrogen-bond donors (Lipinski definition) is 5. The molecule has 5 atom stereocenters. The fourth-order valence-corrected chi connectivity index (χ4v) is 4.41. The van der Waals surface area contributed by atoms with Gasteiger partial charge in [-0.2, -0.15) is 13.2 Å². The van der Waals surface area contributed by atoms with Crippen LogP contribution in [0.3, 0.4) is 0 Å². The molecule has 2 aliphatic rings. The van der Waals surface area contributed by atoms with E-state index in [1.165, 1.54) is 20.8 Å². The van der Waals surface area contributed by atoms with Crippen molar-refractivity contribution in [3.63, 3.8) is 0 Å². The molecule has 1 saturated carbocycles. The Hall–Kier alpha value is -2.71. The molecule has 0 aromatic heterocycles. The molecule has 15 heteroatoms. The van der Waals surface area contributed by atoms with Crippen molar-refractivity contribution in [2.24, 2.45) is 11.3 Å². The van der Waals surface area contributed by atoms with Crippen LogP contribution < -0.4 is 16.0 Å². The second kappa shape index (κ2) is 12.2. The Bertz CT molecular complexity index is 916. The minimum atomic E-state index is -4.70. The van der Waals surface area contributed by atoms with E-state index in [9.17, 15) is 51.3 Å². The van der Waals surface area contributed by atoms with Gasteiger partial charge in [-0.3, -0.25) is 14.4 Å². The summed E-state index contributed by atoms with van der Waals surface area (Å²) in [4.78, 5) is 51.3. The Balaban J connectivity index is 2.35. The van der Waals surface area contributed by atoms with Crippen LogP contribution in [0, 0.1) is 11.3 Å². The molecule has 0 spiro atoms. The minimum absolute atomic E-state index is 0.203. The molecule has 5 N–H and O–H groups in total. The highest BCUT2D eigenvalue weighted by Gasteiger charge is 2.49. The molecule has 4 amide bonds. The maximum Gasteiger partial charge on any atom is 0.405 e. The first kappa shape index (κ1) is 32.5. The van der Waals surface area contributed by atoms with Gasteiger partial charge in [0.2, 0.25) is 17.7 Å². The third kappa shape index (κ3) is 9.76. The number of amides is 4. The van der Waals surface area contributed by atoms with Gasteiger partial charge in [-0.05, 0) is 44.4 Å². The largest absolute Gasteiger partial charge is 0.465 e. The van der Waals surface area contributed by atoms with Gasteiger partial charge < -0.3 is 31.1 Å². The number of carbonyl (C=O) groups excluding carboxylic acids is 3. The third-order valence-corrected chi connectivity index (χ3v) is 6.83. The molecule has 1 saturated heterocycles. The van der Waals surface area contributed by atoms with Gasteiger partial charge in [0.1, 0.15) is 12.1 Å². The van der Waals surface area contributed by atoms with Crippen LogP contribution in [-0.4, -0.2) is 87.8 Å². The van der Waals surface area contributed by atoms with Crippen LogP contribution >= 0.6 is 0 Å². The quantitative estimate of drug-likeness (QED) is 0.254. The molecule has 2 rings (SSSR count). The lowest BCUT2D eigenvalue weighted by Crippen LogP contribution is -2.63. The predicted octanol–water partition coefficient (Wildman–Crippen LogP) is 2.40. The Morgan fingerprint density at radius 3 is 2.03 bits per heavy atom. The van der Waals surface area contributed by atoms with Crippen molar-refractivity contribution >= 4 is 23.8 Å². The maximum absolute atomic E-state index is 13.6. The molecule has 224 valence electrons. The molecule has 10 nitrogen and oxygen atoms in total. The van der Waals surface area contributed by atoms with Gasteiger partial charge in [0.05, 0.1) is 12.0 Å². The zero-order chi connectivity index (χ0) is 29.9. The number of nitrogens with one attached hydrogen (secondary N) is 3. The number of aliphatic hydroxyl groups excluding tert-OH is 1. The van der Waals surface area contributed by atoms with Crippen molar-refractivity contribution in [2.45, 2.75) is 109 Å². The second-order valence-corrected chi connectivity index (χ2v) is 11.5. The fraction of sp³-hybridized carbons (Fsp3) is 0.833. The number of piperidine rings is 1. The molecular formula is C24H37F5N4O6. The number of carboxylic acid groups (broad SMARTS) is 1. The van der Waals surface area contributed by atoms with Crippen LogP contribution in [0.4, 0.5) is 26.7 Å². The summed E-state index contributed by atoms with van der Waals surface area (Å²) in [6, 6.07) is -4.97. The van der Waals surface area contributed by atoms with E-state index in [1.54, 1.807) is 0 Å². The van der Waals surface area contributed by atoms with E-state index in [0.717, 1.165) is 4.90 Å². The number of likely N-dealkylation sites (tertiary alicyclic amines) is 1. The fourth-order valence-electron chi connectivity index (χ4n) is 4.41. The highest BCUT2D eigenvalue weighted by atomic mass is 19.4. The van der Waals surface area contributed by atoms with Gasteiger partial charge in [0.15, 0.2) is 6.10 Å². The lowest BCUT2D eigenvalue weighted by Gasteiger charge is -2.43. The van der Waals surface area contributed by atoms with Gasteiger partial charge in [-0.1, -0.05) is 20.8 Å². The summed E-state index contributed by atoms with van der Waals surface area (Å²) >= 11 is 0. The van der Waals surface area contributed by atoms with Gasteiger partial charge in [0, 0.05) is 19.0 Å². The number of alkyl halides is 5. The zero-order valence-electron chi connectivity index (χ0n) is 22.3. The highest BCUT2D eigenvalue weighted by molar-refractivity contribution is 5.92. The summed E-state index contributed by atoms with van der Waals surface area (Å²) in [6.45, 7) is 4.65. The average molecular weight is 573 g/mol. The van der Waals surface area contributed by atoms with Crippen molar-refractivity contribution in [3.05, 3.63) is 0 Å². The van der Waals surface area contributed by atoms with Crippen LogP contribution in [0.1, 0.15) is 66.2 Å². The summed E-state index contributed by atoms with van der Waals surface area (Å²) in [6.07, 6.45) is -9.77. The molecule has 0 radical (unpaired) electrons. The van der Waals surface area contributed by atoms with E-state index in [1.807, 2.05) is 5.32 Å². The molecule has 0 aromatic carbocycles. The summed E-state index contributed by atoms with van der Waals surface area (Å²) in [5.74, 6) is -8.24.